The second-order valence-corrected chi connectivity index (χ2v) is 7.68. The van der Waals surface area contributed by atoms with Crippen molar-refractivity contribution in [2.24, 2.45) is 5.41 Å². The summed E-state index contributed by atoms with van der Waals surface area (Å²) in [4.78, 5) is 31.6. The summed E-state index contributed by atoms with van der Waals surface area (Å²) < 4.78 is 0. The van der Waals surface area contributed by atoms with Crippen molar-refractivity contribution in [1.82, 2.24) is 9.88 Å². The molecule has 5 nitrogen and oxygen atoms in total. The Morgan fingerprint density at radius 1 is 1.29 bits per heavy atom. The maximum atomic E-state index is 12.9. The summed E-state index contributed by atoms with van der Waals surface area (Å²) in [5.41, 5.74) is 0.317. The fourth-order valence-electron chi connectivity index (χ4n) is 3.68. The first-order chi connectivity index (χ1) is 11.3. The molecule has 1 aromatic heterocycles. The van der Waals surface area contributed by atoms with Gasteiger partial charge in [0.1, 0.15) is 0 Å². The van der Waals surface area contributed by atoms with Crippen LogP contribution in [0.25, 0.3) is 0 Å². The average Bonchev–Trinajstić information content (AvgIpc) is 3.14. The van der Waals surface area contributed by atoms with Crippen LogP contribution in [0.2, 0.25) is 0 Å². The van der Waals surface area contributed by atoms with Gasteiger partial charge in [-0.25, -0.2) is 0 Å². The van der Waals surface area contributed by atoms with Crippen molar-refractivity contribution in [3.05, 3.63) is 41.4 Å². The Morgan fingerprint density at radius 3 is 2.50 bits per heavy atom. The van der Waals surface area contributed by atoms with Crippen LogP contribution in [0.1, 0.15) is 58.1 Å². The van der Waals surface area contributed by atoms with Crippen molar-refractivity contribution in [3.8, 4) is 0 Å². The van der Waals surface area contributed by atoms with Gasteiger partial charge in [-0.15, -0.1) is 0 Å². The van der Waals surface area contributed by atoms with E-state index in [0.717, 1.165) is 31.2 Å². The second-order valence-electron chi connectivity index (χ2n) is 7.68. The molecule has 0 saturated heterocycles. The number of aromatic nitrogens is 1. The quantitative estimate of drug-likeness (QED) is 0.924. The molecule has 0 spiro atoms. The number of aliphatic hydroxyl groups excluding tert-OH is 1. The highest BCUT2D eigenvalue weighted by Gasteiger charge is 2.48. The largest absolute Gasteiger partial charge is 0.503 e. The lowest BCUT2D eigenvalue weighted by molar-refractivity contribution is -0.131. The van der Waals surface area contributed by atoms with Crippen LogP contribution in [0.3, 0.4) is 0 Å². The third-order valence-electron chi connectivity index (χ3n) is 4.89. The molecule has 2 aliphatic rings. The number of aliphatic hydroxyl groups is 1. The SMILES string of the molecule is CC(C)(C)C(=O)C1=C(O)C(=O)N(C2CCCC2)C1c1cccnc1. The molecule has 1 aliphatic carbocycles. The summed E-state index contributed by atoms with van der Waals surface area (Å²) in [5.74, 6) is -1.01. The molecule has 1 unspecified atom stereocenters. The Bertz CT molecular complexity index is 682. The van der Waals surface area contributed by atoms with Gasteiger partial charge in [0.25, 0.3) is 5.91 Å². The van der Waals surface area contributed by atoms with Gasteiger partial charge in [0.2, 0.25) is 0 Å². The monoisotopic (exact) mass is 328 g/mol. The Hall–Kier alpha value is -2.17. The second kappa shape index (κ2) is 6.04. The number of hydrogen-bond acceptors (Lipinski definition) is 4. The maximum Gasteiger partial charge on any atom is 0.290 e. The minimum Gasteiger partial charge on any atom is -0.503 e. The Morgan fingerprint density at radius 2 is 1.96 bits per heavy atom. The minimum atomic E-state index is -0.671. The van der Waals surface area contributed by atoms with Crippen LogP contribution < -0.4 is 0 Å². The van der Waals surface area contributed by atoms with E-state index in [9.17, 15) is 14.7 Å². The number of nitrogens with zero attached hydrogens (tertiary/aromatic N) is 2. The zero-order valence-electron chi connectivity index (χ0n) is 14.5. The van der Waals surface area contributed by atoms with Gasteiger partial charge in [0.05, 0.1) is 11.6 Å². The highest BCUT2D eigenvalue weighted by atomic mass is 16.3. The predicted molar refractivity (Wildman–Crippen MR) is 90.2 cm³/mol. The fraction of sp³-hybridized carbons (Fsp3) is 0.526. The van der Waals surface area contributed by atoms with Crippen LogP contribution in [0.5, 0.6) is 0 Å². The summed E-state index contributed by atoms with van der Waals surface area (Å²) in [6, 6.07) is 3.18. The van der Waals surface area contributed by atoms with Gasteiger partial charge in [-0.05, 0) is 24.5 Å². The standard InChI is InChI=1S/C19H24N2O3/c1-19(2,3)17(23)14-15(12-7-6-10-20-11-12)21(18(24)16(14)22)13-8-4-5-9-13/h6-7,10-11,13,15,22H,4-5,8-9H2,1-3H3. The van der Waals surface area contributed by atoms with E-state index in [2.05, 4.69) is 4.98 Å². The number of carbonyl (C=O) groups is 2. The molecule has 1 fully saturated rings. The number of ketones is 1. The zero-order chi connectivity index (χ0) is 17.5. The lowest BCUT2D eigenvalue weighted by Gasteiger charge is -2.33. The van der Waals surface area contributed by atoms with E-state index in [-0.39, 0.29) is 17.4 Å². The Kier molecular flexibility index (Phi) is 4.20. The Labute approximate surface area is 142 Å². The molecular weight excluding hydrogens is 304 g/mol. The number of Topliss-reactive ketones (excluding diaryl/α,β-unsaturated/α-hetero) is 1. The van der Waals surface area contributed by atoms with E-state index in [0.29, 0.717) is 0 Å². The van der Waals surface area contributed by atoms with Crippen LogP contribution >= 0.6 is 0 Å². The topological polar surface area (TPSA) is 70.5 Å². The summed E-state index contributed by atoms with van der Waals surface area (Å²) >= 11 is 0. The first kappa shape index (κ1) is 16.7. The van der Waals surface area contributed by atoms with Gasteiger partial charge in [-0.2, -0.15) is 0 Å². The fourth-order valence-corrected chi connectivity index (χ4v) is 3.68. The van der Waals surface area contributed by atoms with Gasteiger partial charge in [0.15, 0.2) is 11.5 Å². The van der Waals surface area contributed by atoms with Gasteiger partial charge in [0, 0.05) is 23.9 Å². The Balaban J connectivity index is 2.10. The minimum absolute atomic E-state index is 0.0649. The van der Waals surface area contributed by atoms with Crippen LogP contribution in [-0.4, -0.2) is 32.7 Å². The maximum absolute atomic E-state index is 12.9. The van der Waals surface area contributed by atoms with Crippen LogP contribution in [0.4, 0.5) is 0 Å². The van der Waals surface area contributed by atoms with Crippen molar-refractivity contribution in [2.75, 3.05) is 0 Å². The molecule has 1 N–H and O–H groups in total. The summed E-state index contributed by atoms with van der Waals surface area (Å²) in [5, 5.41) is 10.5. The molecule has 3 rings (SSSR count). The highest BCUT2D eigenvalue weighted by Crippen LogP contribution is 2.44. The van der Waals surface area contributed by atoms with Gasteiger partial charge >= 0.3 is 0 Å². The molecule has 0 radical (unpaired) electrons. The average molecular weight is 328 g/mol. The molecular formula is C19H24N2O3. The van der Waals surface area contributed by atoms with Crippen LogP contribution in [0.15, 0.2) is 35.9 Å². The molecule has 1 saturated carbocycles. The van der Waals surface area contributed by atoms with Crippen molar-refractivity contribution < 1.29 is 14.7 Å². The smallest absolute Gasteiger partial charge is 0.290 e. The van der Waals surface area contributed by atoms with Crippen LogP contribution in [-0.2, 0) is 9.59 Å². The molecule has 1 atom stereocenters. The molecule has 1 aromatic rings. The lowest BCUT2D eigenvalue weighted by atomic mass is 9.82. The van der Waals surface area contributed by atoms with Crippen molar-refractivity contribution in [1.29, 1.82) is 0 Å². The highest BCUT2D eigenvalue weighted by molar-refractivity contribution is 6.10. The molecule has 0 bridgehead atoms. The molecule has 5 heteroatoms. The predicted octanol–water partition coefficient (Wildman–Crippen LogP) is 3.33. The van der Waals surface area contributed by atoms with E-state index in [1.807, 2.05) is 6.07 Å². The zero-order valence-corrected chi connectivity index (χ0v) is 14.5. The first-order valence-electron chi connectivity index (χ1n) is 8.53. The van der Waals surface area contributed by atoms with Gasteiger partial charge in [-0.1, -0.05) is 39.7 Å². The summed E-state index contributed by atoms with van der Waals surface area (Å²) in [6.07, 6.45) is 7.29. The number of carbonyl (C=O) groups excluding carboxylic acids is 2. The van der Waals surface area contributed by atoms with Gasteiger partial charge < -0.3 is 10.0 Å². The van der Waals surface area contributed by atoms with Crippen molar-refractivity contribution in [2.45, 2.75) is 58.5 Å². The van der Waals surface area contributed by atoms with E-state index in [4.69, 9.17) is 0 Å². The third kappa shape index (κ3) is 2.72. The first-order valence-corrected chi connectivity index (χ1v) is 8.53. The number of amides is 1. The molecule has 24 heavy (non-hydrogen) atoms. The number of pyridine rings is 1. The van der Waals surface area contributed by atoms with E-state index in [1.54, 1.807) is 44.1 Å². The summed E-state index contributed by atoms with van der Waals surface area (Å²) in [6.45, 7) is 5.41. The number of hydrogen-bond donors (Lipinski definition) is 1. The van der Waals surface area contributed by atoms with Gasteiger partial charge in [-0.3, -0.25) is 14.6 Å². The lowest BCUT2D eigenvalue weighted by Crippen LogP contribution is -2.39. The van der Waals surface area contributed by atoms with Crippen molar-refractivity contribution >= 4 is 11.7 Å². The van der Waals surface area contributed by atoms with Crippen LogP contribution in [0, 0.1) is 5.41 Å². The third-order valence-corrected chi connectivity index (χ3v) is 4.89. The van der Waals surface area contributed by atoms with Crippen molar-refractivity contribution in [3.63, 3.8) is 0 Å². The molecule has 128 valence electrons. The number of rotatable bonds is 3. The molecule has 1 amide bonds. The summed E-state index contributed by atoms with van der Waals surface area (Å²) in [7, 11) is 0. The van der Waals surface area contributed by atoms with E-state index < -0.39 is 23.1 Å². The van der Waals surface area contributed by atoms with E-state index >= 15 is 0 Å². The normalized spacial score (nSPS) is 22.5. The molecule has 1 aliphatic heterocycles. The molecule has 2 heterocycles. The molecule has 0 aromatic carbocycles. The van der Waals surface area contributed by atoms with E-state index in [1.165, 1.54) is 0 Å².